The van der Waals surface area contributed by atoms with E-state index in [0.29, 0.717) is 17.1 Å². The minimum absolute atomic E-state index is 0.0463. The highest BCUT2D eigenvalue weighted by atomic mass is 16.5. The van der Waals surface area contributed by atoms with Gasteiger partial charge in [0.05, 0.1) is 11.2 Å². The first-order valence-corrected chi connectivity index (χ1v) is 8.49. The van der Waals surface area contributed by atoms with Gasteiger partial charge in [-0.15, -0.1) is 0 Å². The summed E-state index contributed by atoms with van der Waals surface area (Å²) in [5, 5.41) is 4.98. The van der Waals surface area contributed by atoms with Crippen LogP contribution in [-0.2, 0) is 16.1 Å². The van der Waals surface area contributed by atoms with Gasteiger partial charge in [0.15, 0.2) is 5.76 Å². The van der Waals surface area contributed by atoms with Crippen molar-refractivity contribution in [3.8, 4) is 11.3 Å². The molecule has 0 radical (unpaired) electrons. The van der Waals surface area contributed by atoms with E-state index in [2.05, 4.69) is 10.1 Å². The van der Waals surface area contributed by atoms with Crippen LogP contribution in [-0.4, -0.2) is 16.1 Å². The maximum absolute atomic E-state index is 11.9. The minimum Gasteiger partial charge on any atom is -0.456 e. The molecule has 27 heavy (non-hydrogen) atoms. The van der Waals surface area contributed by atoms with Crippen molar-refractivity contribution in [3.63, 3.8) is 0 Å². The number of rotatable bonds is 5. The normalized spacial score (nSPS) is 11.1. The van der Waals surface area contributed by atoms with Gasteiger partial charge in [-0.05, 0) is 18.2 Å². The van der Waals surface area contributed by atoms with Crippen molar-refractivity contribution in [2.75, 3.05) is 0 Å². The molecule has 0 aliphatic rings. The molecule has 0 saturated heterocycles. The number of hydrogen-bond donors (Lipinski definition) is 0. The SMILES string of the molecule is O=C(/C=C/c1ccc2ccccc2n1)OCc1cc(-c2ccccc2)on1. The summed E-state index contributed by atoms with van der Waals surface area (Å²) in [5.74, 6) is 0.173. The third-order valence-corrected chi connectivity index (χ3v) is 3.99. The summed E-state index contributed by atoms with van der Waals surface area (Å²) in [6, 6.07) is 23.0. The van der Waals surface area contributed by atoms with Crippen LogP contribution in [0.15, 0.2) is 83.4 Å². The number of aromatic nitrogens is 2. The third kappa shape index (κ3) is 4.10. The van der Waals surface area contributed by atoms with E-state index in [-0.39, 0.29) is 6.61 Å². The van der Waals surface area contributed by atoms with E-state index in [1.165, 1.54) is 6.08 Å². The molecule has 0 saturated carbocycles. The molecular weight excluding hydrogens is 340 g/mol. The molecule has 2 aromatic carbocycles. The highest BCUT2D eigenvalue weighted by Crippen LogP contribution is 2.20. The summed E-state index contributed by atoms with van der Waals surface area (Å²) in [6.07, 6.45) is 2.99. The number of benzene rings is 2. The van der Waals surface area contributed by atoms with Crippen LogP contribution in [0.25, 0.3) is 28.3 Å². The van der Waals surface area contributed by atoms with Gasteiger partial charge in [-0.3, -0.25) is 0 Å². The van der Waals surface area contributed by atoms with Crippen molar-refractivity contribution in [2.45, 2.75) is 6.61 Å². The molecule has 0 N–H and O–H groups in total. The molecule has 0 aliphatic heterocycles. The Morgan fingerprint density at radius 1 is 1.00 bits per heavy atom. The van der Waals surface area contributed by atoms with Gasteiger partial charge in [0.2, 0.25) is 0 Å². The maximum atomic E-state index is 11.9. The summed E-state index contributed by atoms with van der Waals surface area (Å²) in [4.78, 5) is 16.4. The number of carbonyl (C=O) groups is 1. The highest BCUT2D eigenvalue weighted by molar-refractivity contribution is 5.87. The number of fused-ring (bicyclic) bond motifs is 1. The number of nitrogens with zero attached hydrogens (tertiary/aromatic N) is 2. The van der Waals surface area contributed by atoms with Crippen molar-refractivity contribution in [1.29, 1.82) is 0 Å². The quantitative estimate of drug-likeness (QED) is 0.385. The molecule has 132 valence electrons. The van der Waals surface area contributed by atoms with Crippen molar-refractivity contribution in [2.24, 2.45) is 0 Å². The zero-order valence-corrected chi connectivity index (χ0v) is 14.4. The largest absolute Gasteiger partial charge is 0.456 e. The molecule has 2 aromatic heterocycles. The van der Waals surface area contributed by atoms with Crippen LogP contribution in [0.4, 0.5) is 0 Å². The number of ether oxygens (including phenoxy) is 1. The van der Waals surface area contributed by atoms with Crippen molar-refractivity contribution >= 4 is 22.9 Å². The molecule has 0 unspecified atom stereocenters. The Bertz CT molecular complexity index is 1100. The molecule has 0 atom stereocenters. The van der Waals surface area contributed by atoms with Crippen LogP contribution in [0, 0.1) is 0 Å². The lowest BCUT2D eigenvalue weighted by atomic mass is 10.2. The lowest BCUT2D eigenvalue weighted by molar-refractivity contribution is -0.139. The zero-order valence-electron chi connectivity index (χ0n) is 14.4. The van der Waals surface area contributed by atoms with Gasteiger partial charge < -0.3 is 9.26 Å². The average molecular weight is 356 g/mol. The molecular formula is C22H16N2O3. The molecule has 2 heterocycles. The monoisotopic (exact) mass is 356 g/mol. The first-order chi connectivity index (χ1) is 13.3. The number of hydrogen-bond acceptors (Lipinski definition) is 5. The van der Waals surface area contributed by atoms with E-state index in [1.54, 1.807) is 12.1 Å². The van der Waals surface area contributed by atoms with Gasteiger partial charge in [-0.1, -0.05) is 59.8 Å². The molecule has 4 aromatic rings. The van der Waals surface area contributed by atoms with E-state index in [9.17, 15) is 4.79 Å². The van der Waals surface area contributed by atoms with Gasteiger partial charge >= 0.3 is 5.97 Å². The lowest BCUT2D eigenvalue weighted by Gasteiger charge is -1.99. The fourth-order valence-electron chi connectivity index (χ4n) is 2.64. The number of carbonyl (C=O) groups excluding carboxylic acids is 1. The van der Waals surface area contributed by atoms with Crippen molar-refractivity contribution in [3.05, 3.63) is 90.3 Å². The second-order valence-electron chi connectivity index (χ2n) is 5.92. The molecule has 0 fully saturated rings. The van der Waals surface area contributed by atoms with Gasteiger partial charge in [0.1, 0.15) is 12.3 Å². The van der Waals surface area contributed by atoms with Crippen molar-refractivity contribution < 1.29 is 14.1 Å². The van der Waals surface area contributed by atoms with Gasteiger partial charge in [-0.25, -0.2) is 9.78 Å². The minimum atomic E-state index is -0.464. The van der Waals surface area contributed by atoms with Crippen LogP contribution < -0.4 is 0 Å². The molecule has 0 spiro atoms. The Morgan fingerprint density at radius 2 is 1.81 bits per heavy atom. The Labute approximate surface area is 155 Å². The summed E-state index contributed by atoms with van der Waals surface area (Å²) in [5.41, 5.74) is 3.05. The maximum Gasteiger partial charge on any atom is 0.331 e. The van der Waals surface area contributed by atoms with Crippen LogP contribution in [0.5, 0.6) is 0 Å². The second kappa shape index (κ2) is 7.66. The Kier molecular flexibility index (Phi) is 4.74. The topological polar surface area (TPSA) is 65.2 Å². The summed E-state index contributed by atoms with van der Waals surface area (Å²) >= 11 is 0. The predicted molar refractivity (Wildman–Crippen MR) is 103 cm³/mol. The number of esters is 1. The lowest BCUT2D eigenvalue weighted by Crippen LogP contribution is -2.00. The summed E-state index contributed by atoms with van der Waals surface area (Å²) < 4.78 is 10.5. The van der Waals surface area contributed by atoms with E-state index in [1.807, 2.05) is 66.7 Å². The standard InChI is InChI=1S/C22H16N2O3/c25-22(13-12-18-11-10-16-6-4-5-9-20(16)23-18)26-15-19-14-21(27-24-19)17-7-2-1-3-8-17/h1-14H,15H2/b13-12+. The Balaban J connectivity index is 1.36. The molecule has 0 bridgehead atoms. The van der Waals surface area contributed by atoms with E-state index < -0.39 is 5.97 Å². The summed E-state index contributed by atoms with van der Waals surface area (Å²) in [7, 11) is 0. The first kappa shape index (κ1) is 16.7. The van der Waals surface area contributed by atoms with Crippen LogP contribution in [0.3, 0.4) is 0 Å². The smallest absolute Gasteiger partial charge is 0.331 e. The zero-order chi connectivity index (χ0) is 18.5. The van der Waals surface area contributed by atoms with E-state index in [0.717, 1.165) is 16.5 Å². The van der Waals surface area contributed by atoms with Crippen LogP contribution in [0.2, 0.25) is 0 Å². The van der Waals surface area contributed by atoms with E-state index in [4.69, 9.17) is 9.26 Å². The molecule has 5 heteroatoms. The number of pyridine rings is 1. The Hall–Kier alpha value is -3.73. The van der Waals surface area contributed by atoms with Gasteiger partial charge in [-0.2, -0.15) is 0 Å². The molecule has 0 amide bonds. The fraction of sp³-hybridized carbons (Fsp3) is 0.0455. The van der Waals surface area contributed by atoms with Crippen LogP contribution >= 0.6 is 0 Å². The van der Waals surface area contributed by atoms with Gasteiger partial charge in [0.25, 0.3) is 0 Å². The number of para-hydroxylation sites is 1. The fourth-order valence-corrected chi connectivity index (χ4v) is 2.64. The Morgan fingerprint density at radius 3 is 2.70 bits per heavy atom. The van der Waals surface area contributed by atoms with Crippen molar-refractivity contribution in [1.82, 2.24) is 10.1 Å². The predicted octanol–water partition coefficient (Wildman–Crippen LogP) is 4.65. The second-order valence-corrected chi connectivity index (χ2v) is 5.92. The van der Waals surface area contributed by atoms with Crippen LogP contribution in [0.1, 0.15) is 11.4 Å². The molecule has 0 aliphatic carbocycles. The summed E-state index contributed by atoms with van der Waals surface area (Å²) in [6.45, 7) is 0.0463. The average Bonchev–Trinajstić information content (AvgIpc) is 3.20. The third-order valence-electron chi connectivity index (χ3n) is 3.99. The highest BCUT2D eigenvalue weighted by Gasteiger charge is 2.08. The molecule has 5 nitrogen and oxygen atoms in total. The first-order valence-electron chi connectivity index (χ1n) is 8.49. The molecule has 4 rings (SSSR count). The van der Waals surface area contributed by atoms with Gasteiger partial charge in [0, 0.05) is 23.1 Å². The van der Waals surface area contributed by atoms with E-state index >= 15 is 0 Å².